The summed E-state index contributed by atoms with van der Waals surface area (Å²) in [5, 5.41) is 7.27. The van der Waals surface area contributed by atoms with E-state index in [1.165, 1.54) is 48.1 Å². The van der Waals surface area contributed by atoms with Crippen molar-refractivity contribution in [3.8, 4) is 34.4 Å². The van der Waals surface area contributed by atoms with Crippen LogP contribution in [-0.2, 0) is 0 Å². The Kier molecular flexibility index (Phi) is 6.05. The summed E-state index contributed by atoms with van der Waals surface area (Å²) in [6.45, 7) is 0. The number of fused-ring (bicyclic) bond motifs is 9. The van der Waals surface area contributed by atoms with Gasteiger partial charge >= 0.3 is 0 Å². The maximum atomic E-state index is 5.26. The second-order valence-corrected chi connectivity index (χ2v) is 13.9. The average Bonchev–Trinajstić information content (AvgIpc) is 3.85. The molecule has 4 heterocycles. The largest absolute Gasteiger partial charge is 0.309 e. The number of nitrogens with zero attached hydrogens (tertiary/aromatic N) is 5. The molecule has 0 saturated heterocycles. The van der Waals surface area contributed by atoms with Gasteiger partial charge in [-0.15, -0.1) is 11.3 Å². The van der Waals surface area contributed by atoms with Crippen molar-refractivity contribution in [3.63, 3.8) is 0 Å². The Labute approximate surface area is 296 Å². The van der Waals surface area contributed by atoms with E-state index in [4.69, 9.17) is 15.0 Å². The molecule has 0 aliphatic heterocycles. The van der Waals surface area contributed by atoms with Crippen molar-refractivity contribution in [1.82, 2.24) is 24.1 Å². The van der Waals surface area contributed by atoms with Crippen molar-refractivity contribution in [3.05, 3.63) is 164 Å². The normalized spacial score (nSPS) is 11.9. The SMILES string of the molecule is c1ccc(-c2nc(-c3cccc4c3sc3cc(-n5c6ccccc6c6ccccc65)ccc34)nc(-n3c4ccccc4c4ccccc43)n2)cc1. The molecule has 0 aliphatic carbocycles. The van der Waals surface area contributed by atoms with Gasteiger partial charge < -0.3 is 4.57 Å². The zero-order chi connectivity index (χ0) is 33.5. The molecule has 6 heteroatoms. The Bertz CT molecular complexity index is 3040. The molecular weight excluding hydrogens is 643 g/mol. The molecule has 0 fully saturated rings. The van der Waals surface area contributed by atoms with Crippen LogP contribution >= 0.6 is 11.3 Å². The van der Waals surface area contributed by atoms with Gasteiger partial charge in [-0.1, -0.05) is 121 Å². The fraction of sp³-hybridized carbons (Fsp3) is 0. The number of hydrogen-bond donors (Lipinski definition) is 0. The minimum absolute atomic E-state index is 0.600. The Morgan fingerprint density at radius 3 is 1.55 bits per heavy atom. The third-order valence-electron chi connectivity index (χ3n) is 10.00. The van der Waals surface area contributed by atoms with E-state index in [0.717, 1.165) is 32.5 Å². The van der Waals surface area contributed by atoms with Crippen LogP contribution < -0.4 is 0 Å². The van der Waals surface area contributed by atoms with Gasteiger partial charge in [-0.05, 0) is 42.5 Å². The molecule has 0 radical (unpaired) electrons. The summed E-state index contributed by atoms with van der Waals surface area (Å²) in [7, 11) is 0. The minimum atomic E-state index is 0.600. The molecule has 4 aromatic heterocycles. The maximum Gasteiger partial charge on any atom is 0.238 e. The highest BCUT2D eigenvalue weighted by Gasteiger charge is 2.20. The Morgan fingerprint density at radius 2 is 0.922 bits per heavy atom. The summed E-state index contributed by atoms with van der Waals surface area (Å²) >= 11 is 1.79. The fourth-order valence-electron chi connectivity index (χ4n) is 7.74. The second kappa shape index (κ2) is 10.9. The van der Waals surface area contributed by atoms with Gasteiger partial charge in [0.2, 0.25) is 5.95 Å². The standard InChI is InChI=1S/C45H27N5S/c1-2-13-28(14-3-1)43-46-44(48-45(47-43)50-39-23-10-6-17-32(39)33-18-7-11-24-40(33)50)36-20-12-19-35-34-26-25-29(27-41(34)51-42(35)36)49-37-21-8-4-15-30(37)31-16-5-9-22-38(31)49/h1-27H. The first-order valence-electron chi connectivity index (χ1n) is 17.0. The number of hydrogen-bond acceptors (Lipinski definition) is 4. The number of para-hydroxylation sites is 4. The molecule has 51 heavy (non-hydrogen) atoms. The molecule has 5 nitrogen and oxygen atoms in total. The van der Waals surface area contributed by atoms with Crippen LogP contribution in [0.5, 0.6) is 0 Å². The van der Waals surface area contributed by atoms with Crippen molar-refractivity contribution in [2.24, 2.45) is 0 Å². The Morgan fingerprint density at radius 1 is 0.392 bits per heavy atom. The lowest BCUT2D eigenvalue weighted by Gasteiger charge is -2.11. The van der Waals surface area contributed by atoms with Crippen molar-refractivity contribution in [2.75, 3.05) is 0 Å². The predicted octanol–water partition coefficient (Wildman–Crippen LogP) is 11.8. The van der Waals surface area contributed by atoms with Crippen LogP contribution in [0.1, 0.15) is 0 Å². The van der Waals surface area contributed by atoms with Crippen molar-refractivity contribution in [1.29, 1.82) is 0 Å². The van der Waals surface area contributed by atoms with Crippen LogP contribution in [0.3, 0.4) is 0 Å². The van der Waals surface area contributed by atoms with E-state index in [1.54, 1.807) is 11.3 Å². The van der Waals surface area contributed by atoms with Gasteiger partial charge in [-0.25, -0.2) is 4.98 Å². The van der Waals surface area contributed by atoms with E-state index in [0.29, 0.717) is 17.6 Å². The minimum Gasteiger partial charge on any atom is -0.309 e. The molecule has 0 saturated carbocycles. The van der Waals surface area contributed by atoms with Crippen LogP contribution in [-0.4, -0.2) is 24.1 Å². The lowest BCUT2D eigenvalue weighted by atomic mass is 10.1. The zero-order valence-electron chi connectivity index (χ0n) is 27.2. The monoisotopic (exact) mass is 669 g/mol. The van der Waals surface area contributed by atoms with Crippen LogP contribution in [0, 0.1) is 0 Å². The summed E-state index contributed by atoms with van der Waals surface area (Å²) in [5.74, 6) is 1.90. The highest BCUT2D eigenvalue weighted by atomic mass is 32.1. The molecule has 0 aliphatic rings. The second-order valence-electron chi connectivity index (χ2n) is 12.9. The van der Waals surface area contributed by atoms with Crippen molar-refractivity contribution >= 4 is 75.1 Å². The molecule has 238 valence electrons. The molecule has 0 amide bonds. The number of aromatic nitrogens is 5. The Balaban J connectivity index is 1.15. The smallest absolute Gasteiger partial charge is 0.238 e. The number of rotatable bonds is 4. The molecular formula is C45H27N5S. The van der Waals surface area contributed by atoms with Crippen LogP contribution in [0.15, 0.2) is 164 Å². The van der Waals surface area contributed by atoms with E-state index in [1.807, 2.05) is 18.2 Å². The molecule has 0 N–H and O–H groups in total. The van der Waals surface area contributed by atoms with Gasteiger partial charge in [0.15, 0.2) is 11.6 Å². The van der Waals surface area contributed by atoms with Gasteiger partial charge in [-0.3, -0.25) is 4.57 Å². The van der Waals surface area contributed by atoms with E-state index in [2.05, 4.69) is 155 Å². The van der Waals surface area contributed by atoms with Crippen LogP contribution in [0.25, 0.3) is 98.2 Å². The number of benzene rings is 7. The number of thiophene rings is 1. The first kappa shape index (κ1) is 28.2. The summed E-state index contributed by atoms with van der Waals surface area (Å²) in [4.78, 5) is 15.5. The molecule has 0 unspecified atom stereocenters. The van der Waals surface area contributed by atoms with Gasteiger partial charge in [0.1, 0.15) is 0 Å². The summed E-state index contributed by atoms with van der Waals surface area (Å²) in [6.07, 6.45) is 0. The van der Waals surface area contributed by atoms with E-state index in [9.17, 15) is 0 Å². The molecule has 0 bridgehead atoms. The van der Waals surface area contributed by atoms with E-state index >= 15 is 0 Å². The molecule has 11 aromatic rings. The third-order valence-corrected chi connectivity index (χ3v) is 11.2. The molecule has 0 spiro atoms. The first-order chi connectivity index (χ1) is 25.3. The summed E-state index contributed by atoms with van der Waals surface area (Å²) in [5.41, 5.74) is 7.62. The summed E-state index contributed by atoms with van der Waals surface area (Å²) < 4.78 is 6.93. The van der Waals surface area contributed by atoms with Gasteiger partial charge in [0.25, 0.3) is 0 Å². The van der Waals surface area contributed by atoms with Gasteiger partial charge in [-0.2, -0.15) is 9.97 Å². The third kappa shape index (κ3) is 4.24. The van der Waals surface area contributed by atoms with Crippen molar-refractivity contribution < 1.29 is 0 Å². The lowest BCUT2D eigenvalue weighted by molar-refractivity contribution is 0.954. The summed E-state index contributed by atoms with van der Waals surface area (Å²) in [6, 6.07) is 57.8. The molecule has 0 atom stereocenters. The Hall–Kier alpha value is -6.63. The lowest BCUT2D eigenvalue weighted by Crippen LogP contribution is -2.06. The van der Waals surface area contributed by atoms with Crippen molar-refractivity contribution in [2.45, 2.75) is 0 Å². The highest BCUT2D eigenvalue weighted by molar-refractivity contribution is 7.26. The van der Waals surface area contributed by atoms with Gasteiger partial charge in [0.05, 0.1) is 22.1 Å². The van der Waals surface area contributed by atoms with Crippen LogP contribution in [0.2, 0.25) is 0 Å². The van der Waals surface area contributed by atoms with Gasteiger partial charge in [0, 0.05) is 58.5 Å². The predicted molar refractivity (Wildman–Crippen MR) is 212 cm³/mol. The topological polar surface area (TPSA) is 48.5 Å². The van der Waals surface area contributed by atoms with E-state index < -0.39 is 0 Å². The average molecular weight is 670 g/mol. The fourth-order valence-corrected chi connectivity index (χ4v) is 8.99. The molecule has 7 aromatic carbocycles. The zero-order valence-corrected chi connectivity index (χ0v) is 28.0. The highest BCUT2D eigenvalue weighted by Crippen LogP contribution is 2.42. The maximum absolute atomic E-state index is 5.26. The molecule has 11 rings (SSSR count). The quantitative estimate of drug-likeness (QED) is 0.187. The first-order valence-corrected chi connectivity index (χ1v) is 17.9. The van der Waals surface area contributed by atoms with Crippen LogP contribution in [0.4, 0.5) is 0 Å². The van der Waals surface area contributed by atoms with E-state index in [-0.39, 0.29) is 0 Å².